The molecule has 0 aliphatic heterocycles. The lowest BCUT2D eigenvalue weighted by Gasteiger charge is -2.34. The van der Waals surface area contributed by atoms with E-state index in [1.165, 1.54) is 31.1 Å². The number of anilines is 1. The number of aliphatic carboxylic acids is 1. The van der Waals surface area contributed by atoms with Crippen molar-refractivity contribution in [1.29, 1.82) is 0 Å². The van der Waals surface area contributed by atoms with Crippen molar-refractivity contribution in [3.8, 4) is 0 Å². The van der Waals surface area contributed by atoms with Crippen molar-refractivity contribution in [2.24, 2.45) is 0 Å². The number of hydrogen-bond acceptors (Lipinski definition) is 4. The van der Waals surface area contributed by atoms with Gasteiger partial charge in [0.05, 0.1) is 0 Å². The molecule has 6 heteroatoms. The summed E-state index contributed by atoms with van der Waals surface area (Å²) in [5.41, 5.74) is -1.56. The topological polar surface area (TPSA) is 86.3 Å². The molecule has 88 valence electrons. The molecule has 0 bridgehead atoms. The van der Waals surface area contributed by atoms with Gasteiger partial charge < -0.3 is 15.0 Å². The molecule has 1 aromatic heterocycles. The highest BCUT2D eigenvalue weighted by atomic mass is 16.4. The predicted octanol–water partition coefficient (Wildman–Crippen LogP) is 0.459. The Labute approximate surface area is 92.9 Å². The number of H-pyrrole nitrogens is 1. The lowest BCUT2D eigenvalue weighted by atomic mass is 10.0. The standard InChI is InChI=1S/C10H15N3O3/c1-4-13(10(2,3)9(15)16)7-8(14)12-6-5-11-7/h5-6H,4H2,1-3H3,(H,12,14)(H,15,16). The van der Waals surface area contributed by atoms with Crippen LogP contribution in [0.2, 0.25) is 0 Å². The number of nitrogens with one attached hydrogen (secondary N) is 1. The number of carbonyl (C=O) groups is 1. The number of likely N-dealkylation sites (N-methyl/N-ethyl adjacent to an activating group) is 1. The lowest BCUT2D eigenvalue weighted by molar-refractivity contribution is -0.142. The fourth-order valence-electron chi connectivity index (χ4n) is 1.46. The number of rotatable bonds is 4. The maximum Gasteiger partial charge on any atom is 0.329 e. The molecule has 1 heterocycles. The summed E-state index contributed by atoms with van der Waals surface area (Å²) in [7, 11) is 0. The van der Waals surface area contributed by atoms with Crippen molar-refractivity contribution in [2.45, 2.75) is 26.3 Å². The molecule has 16 heavy (non-hydrogen) atoms. The third-order valence-corrected chi connectivity index (χ3v) is 2.46. The van der Waals surface area contributed by atoms with Gasteiger partial charge in [-0.2, -0.15) is 0 Å². The van der Waals surface area contributed by atoms with Crippen LogP contribution in [0.25, 0.3) is 0 Å². The van der Waals surface area contributed by atoms with Crippen molar-refractivity contribution in [3.05, 3.63) is 22.7 Å². The number of aromatic nitrogens is 2. The first-order valence-electron chi connectivity index (χ1n) is 4.96. The van der Waals surface area contributed by atoms with Gasteiger partial charge in [0.15, 0.2) is 5.82 Å². The Morgan fingerprint density at radius 1 is 1.62 bits per heavy atom. The smallest absolute Gasteiger partial charge is 0.329 e. The number of aromatic amines is 1. The molecule has 0 radical (unpaired) electrons. The Bertz CT molecular complexity index is 439. The summed E-state index contributed by atoms with van der Waals surface area (Å²) in [5.74, 6) is -0.878. The van der Waals surface area contributed by atoms with Gasteiger partial charge in [-0.1, -0.05) is 0 Å². The number of hydrogen-bond donors (Lipinski definition) is 2. The minimum atomic E-state index is -1.17. The van der Waals surface area contributed by atoms with E-state index in [0.29, 0.717) is 6.54 Å². The Balaban J connectivity index is 3.24. The molecule has 0 saturated carbocycles. The van der Waals surface area contributed by atoms with Crippen LogP contribution in [0.1, 0.15) is 20.8 Å². The molecule has 2 N–H and O–H groups in total. The van der Waals surface area contributed by atoms with Gasteiger partial charge in [0.25, 0.3) is 5.56 Å². The van der Waals surface area contributed by atoms with Gasteiger partial charge >= 0.3 is 5.97 Å². The zero-order valence-electron chi connectivity index (χ0n) is 9.52. The normalized spacial score (nSPS) is 11.2. The Morgan fingerprint density at radius 2 is 2.25 bits per heavy atom. The summed E-state index contributed by atoms with van der Waals surface area (Å²) in [5, 5.41) is 9.11. The van der Waals surface area contributed by atoms with Gasteiger partial charge in [0.2, 0.25) is 0 Å². The van der Waals surface area contributed by atoms with E-state index >= 15 is 0 Å². The SMILES string of the molecule is CCN(c1ncc[nH]c1=O)C(C)(C)C(=O)O. The molecular formula is C10H15N3O3. The van der Waals surface area contributed by atoms with Crippen LogP contribution >= 0.6 is 0 Å². The number of carboxylic acid groups (broad SMARTS) is 1. The first kappa shape index (κ1) is 12.2. The van der Waals surface area contributed by atoms with Gasteiger partial charge in [0, 0.05) is 18.9 Å². The molecular weight excluding hydrogens is 210 g/mol. The fourth-order valence-corrected chi connectivity index (χ4v) is 1.46. The molecule has 0 atom stereocenters. The molecule has 0 aliphatic rings. The van der Waals surface area contributed by atoms with Crippen LogP contribution in [0.4, 0.5) is 5.82 Å². The van der Waals surface area contributed by atoms with Gasteiger partial charge in [-0.05, 0) is 20.8 Å². The number of nitrogens with zero attached hydrogens (tertiary/aromatic N) is 2. The molecule has 1 aromatic rings. The van der Waals surface area contributed by atoms with Crippen LogP contribution in [-0.2, 0) is 4.79 Å². The monoisotopic (exact) mass is 225 g/mol. The molecule has 0 amide bonds. The van der Waals surface area contributed by atoms with E-state index < -0.39 is 17.1 Å². The van der Waals surface area contributed by atoms with E-state index in [9.17, 15) is 9.59 Å². The summed E-state index contributed by atoms with van der Waals surface area (Å²) >= 11 is 0. The highest BCUT2D eigenvalue weighted by molar-refractivity contribution is 5.82. The van der Waals surface area contributed by atoms with Gasteiger partial charge in [0.1, 0.15) is 5.54 Å². The zero-order chi connectivity index (χ0) is 12.3. The first-order chi connectivity index (χ1) is 7.41. The van der Waals surface area contributed by atoms with Gasteiger partial charge in [-0.3, -0.25) is 4.79 Å². The minimum Gasteiger partial charge on any atom is -0.480 e. The average Bonchev–Trinajstić information content (AvgIpc) is 2.21. The second kappa shape index (κ2) is 4.34. The third-order valence-electron chi connectivity index (χ3n) is 2.46. The summed E-state index contributed by atoms with van der Waals surface area (Å²) in [6.07, 6.45) is 2.84. The van der Waals surface area contributed by atoms with Crippen LogP contribution in [0.3, 0.4) is 0 Å². The Morgan fingerprint density at radius 3 is 2.69 bits per heavy atom. The molecule has 0 aromatic carbocycles. The van der Waals surface area contributed by atoms with Crippen molar-refractivity contribution in [3.63, 3.8) is 0 Å². The first-order valence-corrected chi connectivity index (χ1v) is 4.96. The largest absolute Gasteiger partial charge is 0.480 e. The van der Waals surface area contributed by atoms with Crippen molar-refractivity contribution >= 4 is 11.8 Å². The summed E-state index contributed by atoms with van der Waals surface area (Å²) in [4.78, 5) is 30.5. The fraction of sp³-hybridized carbons (Fsp3) is 0.500. The third kappa shape index (κ3) is 2.05. The second-order valence-electron chi connectivity index (χ2n) is 3.85. The second-order valence-corrected chi connectivity index (χ2v) is 3.85. The van der Waals surface area contributed by atoms with Crippen molar-refractivity contribution < 1.29 is 9.90 Å². The van der Waals surface area contributed by atoms with Crippen molar-refractivity contribution in [2.75, 3.05) is 11.4 Å². The number of carboxylic acids is 1. The van der Waals surface area contributed by atoms with E-state index in [1.807, 2.05) is 0 Å². The van der Waals surface area contributed by atoms with E-state index in [4.69, 9.17) is 5.11 Å². The molecule has 0 aliphatic carbocycles. The summed E-state index contributed by atoms with van der Waals surface area (Å²) < 4.78 is 0. The van der Waals surface area contributed by atoms with E-state index in [1.54, 1.807) is 6.92 Å². The van der Waals surface area contributed by atoms with E-state index in [-0.39, 0.29) is 5.82 Å². The minimum absolute atomic E-state index is 0.123. The quantitative estimate of drug-likeness (QED) is 0.777. The van der Waals surface area contributed by atoms with Crippen LogP contribution in [0.5, 0.6) is 0 Å². The van der Waals surface area contributed by atoms with Crippen LogP contribution in [0.15, 0.2) is 17.2 Å². The summed E-state index contributed by atoms with van der Waals surface area (Å²) in [6.45, 7) is 5.23. The maximum atomic E-state index is 11.5. The van der Waals surface area contributed by atoms with Crippen molar-refractivity contribution in [1.82, 2.24) is 9.97 Å². The van der Waals surface area contributed by atoms with Crippen LogP contribution < -0.4 is 10.5 Å². The highest BCUT2D eigenvalue weighted by Crippen LogP contribution is 2.18. The molecule has 0 spiro atoms. The van der Waals surface area contributed by atoms with Crippen LogP contribution in [-0.4, -0.2) is 33.1 Å². The summed E-state index contributed by atoms with van der Waals surface area (Å²) in [6, 6.07) is 0. The lowest BCUT2D eigenvalue weighted by Crippen LogP contribution is -2.52. The van der Waals surface area contributed by atoms with Gasteiger partial charge in [-0.25, -0.2) is 9.78 Å². The van der Waals surface area contributed by atoms with E-state index in [0.717, 1.165) is 0 Å². The van der Waals surface area contributed by atoms with Crippen LogP contribution in [0, 0.1) is 0 Å². The molecule has 1 rings (SSSR count). The molecule has 0 fully saturated rings. The average molecular weight is 225 g/mol. The van der Waals surface area contributed by atoms with Gasteiger partial charge in [-0.15, -0.1) is 0 Å². The Hall–Kier alpha value is -1.85. The molecule has 0 unspecified atom stereocenters. The molecule has 6 nitrogen and oxygen atoms in total. The Kier molecular flexibility index (Phi) is 3.31. The predicted molar refractivity (Wildman–Crippen MR) is 59.6 cm³/mol. The maximum absolute atomic E-state index is 11.5. The van der Waals surface area contributed by atoms with E-state index in [2.05, 4.69) is 9.97 Å². The molecule has 0 saturated heterocycles. The zero-order valence-corrected chi connectivity index (χ0v) is 9.52. The highest BCUT2D eigenvalue weighted by Gasteiger charge is 2.35.